The van der Waals surface area contributed by atoms with Gasteiger partial charge in [-0.1, -0.05) is 84.9 Å². The molecule has 0 saturated heterocycles. The summed E-state index contributed by atoms with van der Waals surface area (Å²) >= 11 is 1.98. The summed E-state index contributed by atoms with van der Waals surface area (Å²) in [5, 5.41) is 4.65. The van der Waals surface area contributed by atoms with Crippen LogP contribution in [0.15, 0.2) is 130 Å². The summed E-state index contributed by atoms with van der Waals surface area (Å²) in [5.41, 5.74) is 13.9. The first-order chi connectivity index (χ1) is 20.3. The molecule has 0 spiro atoms. The molecule has 2 aromatic heterocycles. The van der Waals surface area contributed by atoms with Gasteiger partial charge in [0, 0.05) is 38.6 Å². The number of hydrogen-bond acceptors (Lipinski definition) is 3. The number of hydrogen-bond donors (Lipinski definition) is 0. The van der Waals surface area contributed by atoms with Gasteiger partial charge in [-0.2, -0.15) is 11.8 Å². The molecular formula is C38H24O2S. The Hall–Kier alpha value is -4.73. The van der Waals surface area contributed by atoms with Crippen LogP contribution in [0.1, 0.15) is 11.1 Å². The normalized spacial score (nSPS) is 13.1. The largest absolute Gasteiger partial charge is 0.456 e. The third-order valence-electron chi connectivity index (χ3n) is 8.45. The molecule has 0 atom stereocenters. The van der Waals surface area contributed by atoms with Crippen molar-refractivity contribution in [3.8, 4) is 33.4 Å². The summed E-state index contributed by atoms with van der Waals surface area (Å²) in [4.78, 5) is 0. The van der Waals surface area contributed by atoms with Crippen molar-refractivity contribution in [2.24, 2.45) is 0 Å². The molecule has 6 aromatic carbocycles. The van der Waals surface area contributed by atoms with Gasteiger partial charge in [-0.25, -0.2) is 0 Å². The average molecular weight is 545 g/mol. The van der Waals surface area contributed by atoms with E-state index in [1.807, 2.05) is 36.0 Å². The van der Waals surface area contributed by atoms with Gasteiger partial charge < -0.3 is 8.83 Å². The van der Waals surface area contributed by atoms with Gasteiger partial charge >= 0.3 is 0 Å². The first-order valence-electron chi connectivity index (χ1n) is 14.0. The minimum atomic E-state index is 0.930. The second-order valence-electron chi connectivity index (χ2n) is 10.8. The summed E-state index contributed by atoms with van der Waals surface area (Å²) in [5.74, 6) is 1.98. The van der Waals surface area contributed by atoms with Crippen LogP contribution >= 0.6 is 11.8 Å². The molecular weight excluding hydrogens is 520 g/mol. The third-order valence-corrected chi connectivity index (χ3v) is 9.48. The van der Waals surface area contributed by atoms with E-state index in [1.54, 1.807) is 0 Å². The fourth-order valence-electron chi connectivity index (χ4n) is 6.43. The summed E-state index contributed by atoms with van der Waals surface area (Å²) in [6, 6.07) is 43.5. The molecule has 0 unspecified atom stereocenters. The highest BCUT2D eigenvalue weighted by Gasteiger charge is 2.19. The minimum Gasteiger partial charge on any atom is -0.456 e. The molecule has 0 bridgehead atoms. The molecule has 3 heteroatoms. The van der Waals surface area contributed by atoms with Gasteiger partial charge in [0.05, 0.1) is 0 Å². The van der Waals surface area contributed by atoms with Crippen LogP contribution in [0.5, 0.6) is 0 Å². The van der Waals surface area contributed by atoms with Crippen LogP contribution in [0, 0.1) is 0 Å². The predicted molar refractivity (Wildman–Crippen MR) is 172 cm³/mol. The zero-order valence-electron chi connectivity index (χ0n) is 22.2. The van der Waals surface area contributed by atoms with E-state index in [0.717, 1.165) is 55.6 Å². The van der Waals surface area contributed by atoms with E-state index in [2.05, 4.69) is 97.1 Å². The molecule has 0 aliphatic carbocycles. The Bertz CT molecular complexity index is 2300. The fourth-order valence-corrected chi connectivity index (χ4v) is 7.46. The Labute approximate surface area is 241 Å². The van der Waals surface area contributed by atoms with Crippen molar-refractivity contribution >= 4 is 55.6 Å². The van der Waals surface area contributed by atoms with Crippen molar-refractivity contribution in [3.05, 3.63) is 132 Å². The van der Waals surface area contributed by atoms with Gasteiger partial charge in [0.1, 0.15) is 22.3 Å². The van der Waals surface area contributed by atoms with Crippen LogP contribution in [-0.4, -0.2) is 0 Å². The fraction of sp³-hybridized carbons (Fsp3) is 0.0526. The Morgan fingerprint density at radius 3 is 2.00 bits per heavy atom. The molecule has 0 amide bonds. The van der Waals surface area contributed by atoms with E-state index in [4.69, 9.17) is 8.83 Å². The number of fused-ring (bicyclic) bond motifs is 9. The van der Waals surface area contributed by atoms with Gasteiger partial charge in [-0.15, -0.1) is 0 Å². The molecule has 41 heavy (non-hydrogen) atoms. The van der Waals surface area contributed by atoms with Crippen molar-refractivity contribution in [2.45, 2.75) is 11.5 Å². The first-order valence-corrected chi connectivity index (χ1v) is 15.1. The lowest BCUT2D eigenvalue weighted by molar-refractivity contribution is 0.669. The van der Waals surface area contributed by atoms with Gasteiger partial charge in [0.15, 0.2) is 0 Å². The standard InChI is InChI=1S/C38H24O2S/c1-3-10-35-30(6-1)32-17-14-24(20-37(32)39-35)23-12-13-26-21-41-22-27-18-25(15-16-28(27)34(26)19-23)29-8-5-9-33-31-7-2-4-11-36(31)40-38(29)33/h1-20H,21-22H2. The van der Waals surface area contributed by atoms with Gasteiger partial charge in [-0.05, 0) is 75.3 Å². The van der Waals surface area contributed by atoms with Crippen LogP contribution in [0.2, 0.25) is 0 Å². The summed E-state index contributed by atoms with van der Waals surface area (Å²) < 4.78 is 12.6. The molecule has 1 aliphatic rings. The maximum Gasteiger partial charge on any atom is 0.143 e. The zero-order chi connectivity index (χ0) is 26.9. The van der Waals surface area contributed by atoms with Gasteiger partial charge in [-0.3, -0.25) is 0 Å². The van der Waals surface area contributed by atoms with Crippen LogP contribution in [0.25, 0.3) is 77.3 Å². The lowest BCUT2D eigenvalue weighted by Gasteiger charge is -2.13. The maximum absolute atomic E-state index is 6.36. The smallest absolute Gasteiger partial charge is 0.143 e. The van der Waals surface area contributed by atoms with Gasteiger partial charge in [0.2, 0.25) is 0 Å². The molecule has 9 rings (SSSR count). The minimum absolute atomic E-state index is 0.930. The molecule has 0 saturated carbocycles. The highest BCUT2D eigenvalue weighted by molar-refractivity contribution is 7.97. The number of benzene rings is 6. The topological polar surface area (TPSA) is 26.3 Å². The van der Waals surface area contributed by atoms with Crippen molar-refractivity contribution in [1.82, 2.24) is 0 Å². The lowest BCUT2D eigenvalue weighted by atomic mass is 9.90. The van der Waals surface area contributed by atoms with Crippen LogP contribution in [0.4, 0.5) is 0 Å². The third kappa shape index (κ3) is 3.59. The molecule has 1 aliphatic heterocycles. The second kappa shape index (κ2) is 8.89. The molecule has 0 fully saturated rings. The Morgan fingerprint density at radius 1 is 0.415 bits per heavy atom. The summed E-state index contributed by atoms with van der Waals surface area (Å²) in [7, 11) is 0. The SMILES string of the molecule is c1ccc2c(c1)oc1cc(-c3ccc4c(c3)-c3ccc(-c5cccc6c5oc5ccccc56)cc3CSC4)ccc12. The quantitative estimate of drug-likeness (QED) is 0.216. The second-order valence-corrected chi connectivity index (χ2v) is 11.8. The van der Waals surface area contributed by atoms with E-state index in [0.29, 0.717) is 0 Å². The Balaban J connectivity index is 1.16. The van der Waals surface area contributed by atoms with E-state index >= 15 is 0 Å². The number of rotatable bonds is 2. The van der Waals surface area contributed by atoms with Crippen molar-refractivity contribution in [1.29, 1.82) is 0 Å². The van der Waals surface area contributed by atoms with Crippen molar-refractivity contribution in [2.75, 3.05) is 0 Å². The maximum atomic E-state index is 6.36. The number of furan rings is 2. The highest BCUT2D eigenvalue weighted by atomic mass is 32.2. The van der Waals surface area contributed by atoms with E-state index < -0.39 is 0 Å². The van der Waals surface area contributed by atoms with Crippen LogP contribution in [-0.2, 0) is 11.5 Å². The van der Waals surface area contributed by atoms with Crippen molar-refractivity contribution < 1.29 is 8.83 Å². The van der Waals surface area contributed by atoms with E-state index in [9.17, 15) is 0 Å². The molecule has 8 aromatic rings. The van der Waals surface area contributed by atoms with Crippen LogP contribution in [0.3, 0.4) is 0 Å². The number of thioether (sulfide) groups is 1. The predicted octanol–water partition coefficient (Wildman–Crippen LogP) is 11.2. The monoisotopic (exact) mass is 544 g/mol. The van der Waals surface area contributed by atoms with Gasteiger partial charge in [0.25, 0.3) is 0 Å². The number of para-hydroxylation sites is 3. The Kier molecular flexibility index (Phi) is 4.99. The lowest BCUT2D eigenvalue weighted by Crippen LogP contribution is -1.91. The molecule has 3 heterocycles. The zero-order valence-corrected chi connectivity index (χ0v) is 23.0. The van der Waals surface area contributed by atoms with E-state index in [1.165, 1.54) is 44.3 Å². The highest BCUT2D eigenvalue weighted by Crippen LogP contribution is 2.42. The first kappa shape index (κ1) is 23.0. The van der Waals surface area contributed by atoms with Crippen molar-refractivity contribution in [3.63, 3.8) is 0 Å². The molecule has 0 N–H and O–H groups in total. The molecule has 194 valence electrons. The average Bonchev–Trinajstić information content (AvgIpc) is 3.53. The molecule has 0 radical (unpaired) electrons. The molecule has 2 nitrogen and oxygen atoms in total. The van der Waals surface area contributed by atoms with Crippen LogP contribution < -0.4 is 0 Å². The van der Waals surface area contributed by atoms with E-state index in [-0.39, 0.29) is 0 Å². The summed E-state index contributed by atoms with van der Waals surface area (Å²) in [6.07, 6.45) is 0. The Morgan fingerprint density at radius 2 is 1.10 bits per heavy atom. The summed E-state index contributed by atoms with van der Waals surface area (Å²) in [6.45, 7) is 0.